The molecule has 122 valence electrons. The number of carbonyl (C=O) groups is 2. The molecule has 1 aliphatic heterocycles. The van der Waals surface area contributed by atoms with E-state index in [2.05, 4.69) is 28.1 Å². The number of hydrogen-bond donors (Lipinski definition) is 0. The second kappa shape index (κ2) is 5.74. The molecule has 1 saturated heterocycles. The molecule has 2 aromatic rings. The van der Waals surface area contributed by atoms with Gasteiger partial charge in [0.25, 0.3) is 0 Å². The van der Waals surface area contributed by atoms with E-state index in [9.17, 15) is 9.59 Å². The number of esters is 1. The second-order valence-corrected chi connectivity index (χ2v) is 7.02. The molecular weight excluding hydrogens is 370 g/mol. The standard InChI is InChI=1S/C19H16BrNO3/c1-24-19(23)16-8-9-17(22)21(16)18-14-5-3-2-4-12(14)13-7-6-11(20)10-15(13)18/h2-7,10,16,18H,8-9H2,1H3. The summed E-state index contributed by atoms with van der Waals surface area (Å²) in [6, 6.07) is 13.4. The molecule has 4 nitrogen and oxygen atoms in total. The monoisotopic (exact) mass is 385 g/mol. The number of fused-ring (bicyclic) bond motifs is 3. The molecule has 2 aromatic carbocycles. The lowest BCUT2D eigenvalue weighted by Crippen LogP contribution is -2.41. The zero-order valence-electron chi connectivity index (χ0n) is 13.2. The summed E-state index contributed by atoms with van der Waals surface area (Å²) in [5.74, 6) is -0.347. The Balaban J connectivity index is 1.90. The van der Waals surface area contributed by atoms with E-state index in [0.29, 0.717) is 12.8 Å². The van der Waals surface area contributed by atoms with Crippen LogP contribution < -0.4 is 0 Å². The molecule has 0 bridgehead atoms. The average Bonchev–Trinajstić information content (AvgIpc) is 3.11. The summed E-state index contributed by atoms with van der Waals surface area (Å²) >= 11 is 3.52. The summed E-state index contributed by atoms with van der Waals surface area (Å²) in [5, 5.41) is 0. The van der Waals surface area contributed by atoms with Gasteiger partial charge in [-0.3, -0.25) is 4.79 Å². The van der Waals surface area contributed by atoms with Gasteiger partial charge in [-0.1, -0.05) is 46.3 Å². The van der Waals surface area contributed by atoms with Crippen molar-refractivity contribution < 1.29 is 14.3 Å². The number of benzene rings is 2. The van der Waals surface area contributed by atoms with Gasteiger partial charge in [0, 0.05) is 10.9 Å². The van der Waals surface area contributed by atoms with Crippen LogP contribution in [0.25, 0.3) is 11.1 Å². The molecule has 0 aromatic heterocycles. The van der Waals surface area contributed by atoms with Gasteiger partial charge in [-0.05, 0) is 40.8 Å². The fourth-order valence-electron chi connectivity index (χ4n) is 3.85. The molecule has 0 radical (unpaired) electrons. The van der Waals surface area contributed by atoms with Gasteiger partial charge < -0.3 is 9.64 Å². The first-order valence-electron chi connectivity index (χ1n) is 7.89. The molecule has 1 aliphatic carbocycles. The van der Waals surface area contributed by atoms with Crippen LogP contribution in [0.5, 0.6) is 0 Å². The number of halogens is 1. The van der Waals surface area contributed by atoms with E-state index in [0.717, 1.165) is 26.7 Å². The predicted octanol–water partition coefficient (Wildman–Crippen LogP) is 3.68. The number of rotatable bonds is 2. The first kappa shape index (κ1) is 15.4. The van der Waals surface area contributed by atoms with E-state index >= 15 is 0 Å². The van der Waals surface area contributed by atoms with Crippen LogP contribution in [0, 0.1) is 0 Å². The van der Waals surface area contributed by atoms with E-state index in [-0.39, 0.29) is 17.9 Å². The minimum atomic E-state index is -0.523. The fourth-order valence-corrected chi connectivity index (χ4v) is 4.23. The van der Waals surface area contributed by atoms with Gasteiger partial charge >= 0.3 is 5.97 Å². The Morgan fingerprint density at radius 3 is 2.71 bits per heavy atom. The van der Waals surface area contributed by atoms with E-state index in [1.54, 1.807) is 4.90 Å². The van der Waals surface area contributed by atoms with Crippen molar-refractivity contribution >= 4 is 27.8 Å². The molecule has 5 heteroatoms. The van der Waals surface area contributed by atoms with Crippen LogP contribution in [0.15, 0.2) is 46.9 Å². The first-order valence-corrected chi connectivity index (χ1v) is 8.69. The summed E-state index contributed by atoms with van der Waals surface area (Å²) < 4.78 is 5.89. The number of methoxy groups -OCH3 is 1. The number of ether oxygens (including phenoxy) is 1. The van der Waals surface area contributed by atoms with Crippen molar-refractivity contribution in [3.63, 3.8) is 0 Å². The third-order valence-corrected chi connectivity index (χ3v) is 5.35. The smallest absolute Gasteiger partial charge is 0.328 e. The van der Waals surface area contributed by atoms with Crippen molar-refractivity contribution in [2.75, 3.05) is 7.11 Å². The Bertz CT molecular complexity index is 848. The van der Waals surface area contributed by atoms with Gasteiger partial charge in [0.05, 0.1) is 13.2 Å². The van der Waals surface area contributed by atoms with Crippen molar-refractivity contribution in [1.29, 1.82) is 0 Å². The molecular formula is C19H16BrNO3. The van der Waals surface area contributed by atoms with Gasteiger partial charge in [-0.15, -0.1) is 0 Å². The fraction of sp³-hybridized carbons (Fsp3) is 0.263. The molecule has 1 fully saturated rings. The Kier molecular flexibility index (Phi) is 3.68. The Morgan fingerprint density at radius 1 is 1.17 bits per heavy atom. The molecule has 0 spiro atoms. The second-order valence-electron chi connectivity index (χ2n) is 6.10. The third kappa shape index (κ3) is 2.18. The molecule has 1 heterocycles. The molecule has 1 amide bonds. The van der Waals surface area contributed by atoms with Crippen LogP contribution in [0.4, 0.5) is 0 Å². The Hall–Kier alpha value is -2.14. The van der Waals surface area contributed by atoms with Crippen LogP contribution in [-0.4, -0.2) is 29.9 Å². The summed E-state index contributed by atoms with van der Waals surface area (Å²) in [6.07, 6.45) is 0.884. The van der Waals surface area contributed by atoms with E-state index in [1.165, 1.54) is 7.11 Å². The zero-order valence-corrected chi connectivity index (χ0v) is 14.7. The third-order valence-electron chi connectivity index (χ3n) is 4.86. The van der Waals surface area contributed by atoms with Crippen molar-refractivity contribution in [3.8, 4) is 11.1 Å². The lowest BCUT2D eigenvalue weighted by molar-refractivity contribution is -0.150. The Morgan fingerprint density at radius 2 is 1.92 bits per heavy atom. The van der Waals surface area contributed by atoms with Crippen LogP contribution in [0.2, 0.25) is 0 Å². The highest BCUT2D eigenvalue weighted by molar-refractivity contribution is 9.10. The number of carbonyl (C=O) groups excluding carboxylic acids is 2. The summed E-state index contributed by atoms with van der Waals surface area (Å²) in [5.41, 5.74) is 4.35. The summed E-state index contributed by atoms with van der Waals surface area (Å²) in [4.78, 5) is 26.5. The summed E-state index contributed by atoms with van der Waals surface area (Å²) in [6.45, 7) is 0. The summed E-state index contributed by atoms with van der Waals surface area (Å²) in [7, 11) is 1.37. The van der Waals surface area contributed by atoms with Crippen LogP contribution in [-0.2, 0) is 14.3 Å². The van der Waals surface area contributed by atoms with Crippen LogP contribution >= 0.6 is 15.9 Å². The maximum absolute atomic E-state index is 12.6. The number of nitrogens with zero attached hydrogens (tertiary/aromatic N) is 1. The van der Waals surface area contributed by atoms with Crippen molar-refractivity contribution in [1.82, 2.24) is 4.90 Å². The van der Waals surface area contributed by atoms with Gasteiger partial charge in [0.2, 0.25) is 5.91 Å². The molecule has 4 rings (SSSR count). The van der Waals surface area contributed by atoms with Crippen LogP contribution in [0.3, 0.4) is 0 Å². The largest absolute Gasteiger partial charge is 0.467 e. The maximum atomic E-state index is 12.6. The zero-order chi connectivity index (χ0) is 16.8. The van der Waals surface area contributed by atoms with Crippen molar-refractivity contribution in [3.05, 3.63) is 58.1 Å². The minimum absolute atomic E-state index is 0.00183. The SMILES string of the molecule is COC(=O)C1CCC(=O)N1C1c2ccccc2-c2ccc(Br)cc21. The van der Waals surface area contributed by atoms with Gasteiger partial charge in [0.1, 0.15) is 6.04 Å². The number of hydrogen-bond acceptors (Lipinski definition) is 3. The molecule has 2 aliphatic rings. The topological polar surface area (TPSA) is 46.6 Å². The maximum Gasteiger partial charge on any atom is 0.328 e. The van der Waals surface area contributed by atoms with Gasteiger partial charge in [-0.25, -0.2) is 4.79 Å². The van der Waals surface area contributed by atoms with Gasteiger partial charge in [-0.2, -0.15) is 0 Å². The van der Waals surface area contributed by atoms with Gasteiger partial charge in [0.15, 0.2) is 0 Å². The number of likely N-dealkylation sites (tertiary alicyclic amines) is 1. The highest BCUT2D eigenvalue weighted by Crippen LogP contribution is 2.49. The van der Waals surface area contributed by atoms with Crippen molar-refractivity contribution in [2.24, 2.45) is 0 Å². The van der Waals surface area contributed by atoms with E-state index in [4.69, 9.17) is 4.74 Å². The average molecular weight is 386 g/mol. The minimum Gasteiger partial charge on any atom is -0.467 e. The van der Waals surface area contributed by atoms with E-state index in [1.807, 2.05) is 30.3 Å². The quantitative estimate of drug-likeness (QED) is 0.740. The lowest BCUT2D eigenvalue weighted by atomic mass is 10.0. The highest BCUT2D eigenvalue weighted by atomic mass is 79.9. The molecule has 24 heavy (non-hydrogen) atoms. The molecule has 2 unspecified atom stereocenters. The normalized spacial score (nSPS) is 21.6. The molecule has 0 N–H and O–H groups in total. The van der Waals surface area contributed by atoms with Crippen LogP contribution in [0.1, 0.15) is 30.0 Å². The highest BCUT2D eigenvalue weighted by Gasteiger charge is 2.45. The number of amides is 1. The first-order chi connectivity index (χ1) is 11.6. The van der Waals surface area contributed by atoms with E-state index < -0.39 is 6.04 Å². The lowest BCUT2D eigenvalue weighted by Gasteiger charge is -2.30. The Labute approximate surface area is 148 Å². The molecule has 2 atom stereocenters. The molecule has 0 saturated carbocycles. The predicted molar refractivity (Wildman–Crippen MR) is 93.3 cm³/mol. The van der Waals surface area contributed by atoms with Crippen molar-refractivity contribution in [2.45, 2.75) is 24.9 Å².